The lowest BCUT2D eigenvalue weighted by atomic mass is 9.71. The van der Waals surface area contributed by atoms with Crippen molar-refractivity contribution in [3.05, 3.63) is 65.0 Å². The number of nitrogens with zero attached hydrogens (tertiary/aromatic N) is 1. The Labute approximate surface area is 176 Å². The van der Waals surface area contributed by atoms with Crippen LogP contribution in [0.1, 0.15) is 49.3 Å². The minimum atomic E-state index is -1.03. The minimum absolute atomic E-state index is 0.260. The number of carboxylic acids is 1. The molecule has 0 aromatic heterocycles. The second kappa shape index (κ2) is 7.67. The summed E-state index contributed by atoms with van der Waals surface area (Å²) in [5, 5.41) is 21.2. The molecule has 1 atom stereocenters. The van der Waals surface area contributed by atoms with E-state index in [1.54, 1.807) is 19.9 Å². The third kappa shape index (κ3) is 3.82. The predicted molar refractivity (Wildman–Crippen MR) is 111 cm³/mol. The van der Waals surface area contributed by atoms with Gasteiger partial charge in [-0.15, -0.1) is 0 Å². The Morgan fingerprint density at radius 3 is 2.60 bits per heavy atom. The number of ether oxygens (including phenoxy) is 1. The van der Waals surface area contributed by atoms with Crippen molar-refractivity contribution in [2.24, 2.45) is 5.41 Å². The van der Waals surface area contributed by atoms with E-state index in [0.29, 0.717) is 38.2 Å². The average Bonchev–Trinajstić information content (AvgIpc) is 2.86. The fourth-order valence-corrected chi connectivity index (χ4v) is 4.75. The molecule has 0 saturated carbocycles. The second-order valence-corrected chi connectivity index (χ2v) is 9.17. The molecule has 2 heterocycles. The van der Waals surface area contributed by atoms with E-state index in [4.69, 9.17) is 4.74 Å². The Morgan fingerprint density at radius 1 is 1.20 bits per heavy atom. The first kappa shape index (κ1) is 20.8. The van der Waals surface area contributed by atoms with Crippen LogP contribution in [0.3, 0.4) is 0 Å². The van der Waals surface area contributed by atoms with Gasteiger partial charge in [0.25, 0.3) is 0 Å². The minimum Gasteiger partial charge on any atom is -0.489 e. The van der Waals surface area contributed by atoms with Gasteiger partial charge in [-0.25, -0.2) is 4.39 Å². The SMILES string of the molecule is CC(C)(CN1CCC(O)(C2c3ccc(F)cc3COc3ccccc32)CC1)C(=O)O. The zero-order chi connectivity index (χ0) is 21.5. The molecule has 2 aromatic carbocycles. The fraction of sp³-hybridized carbons (Fsp3) is 0.458. The number of para-hydroxylation sites is 1. The lowest BCUT2D eigenvalue weighted by Gasteiger charge is -2.44. The first-order valence-electron chi connectivity index (χ1n) is 10.4. The molecule has 2 N–H and O–H groups in total. The van der Waals surface area contributed by atoms with Crippen molar-refractivity contribution in [3.63, 3.8) is 0 Å². The van der Waals surface area contributed by atoms with Crippen LogP contribution in [0, 0.1) is 11.2 Å². The third-order valence-corrected chi connectivity index (χ3v) is 6.49. The van der Waals surface area contributed by atoms with Crippen LogP contribution in [0.25, 0.3) is 0 Å². The van der Waals surface area contributed by atoms with Gasteiger partial charge in [0.15, 0.2) is 0 Å². The first-order chi connectivity index (χ1) is 14.2. The highest BCUT2D eigenvalue weighted by molar-refractivity contribution is 5.73. The first-order valence-corrected chi connectivity index (χ1v) is 10.4. The van der Waals surface area contributed by atoms with Crippen LogP contribution >= 0.6 is 0 Å². The van der Waals surface area contributed by atoms with Crippen LogP contribution in [0.4, 0.5) is 4.39 Å². The van der Waals surface area contributed by atoms with Crippen molar-refractivity contribution >= 4 is 5.97 Å². The van der Waals surface area contributed by atoms with Crippen molar-refractivity contribution in [2.75, 3.05) is 19.6 Å². The molecule has 1 saturated heterocycles. The number of likely N-dealkylation sites (tertiary alicyclic amines) is 1. The predicted octanol–water partition coefficient (Wildman–Crippen LogP) is 3.79. The summed E-state index contributed by atoms with van der Waals surface area (Å²) >= 11 is 0. The Bertz CT molecular complexity index is 950. The molecule has 2 aliphatic rings. The maximum Gasteiger partial charge on any atom is 0.310 e. The number of hydrogen-bond acceptors (Lipinski definition) is 4. The largest absolute Gasteiger partial charge is 0.489 e. The van der Waals surface area contributed by atoms with Crippen molar-refractivity contribution in [1.82, 2.24) is 4.90 Å². The molecule has 0 radical (unpaired) electrons. The van der Waals surface area contributed by atoms with Gasteiger partial charge in [-0.05, 0) is 56.0 Å². The van der Waals surface area contributed by atoms with Crippen molar-refractivity contribution < 1.29 is 24.1 Å². The van der Waals surface area contributed by atoms with E-state index in [9.17, 15) is 19.4 Å². The normalized spacial score (nSPS) is 21.1. The van der Waals surface area contributed by atoms with E-state index < -0.39 is 17.0 Å². The van der Waals surface area contributed by atoms with Crippen LogP contribution in [0.15, 0.2) is 42.5 Å². The average molecular weight is 413 g/mol. The molecule has 4 rings (SSSR count). The van der Waals surface area contributed by atoms with E-state index in [0.717, 1.165) is 16.7 Å². The highest BCUT2D eigenvalue weighted by atomic mass is 19.1. The van der Waals surface area contributed by atoms with Crippen LogP contribution in [-0.2, 0) is 11.4 Å². The molecule has 0 spiro atoms. The van der Waals surface area contributed by atoms with E-state index in [2.05, 4.69) is 4.90 Å². The monoisotopic (exact) mass is 413 g/mol. The number of rotatable bonds is 4. The van der Waals surface area contributed by atoms with Crippen LogP contribution in [0.5, 0.6) is 5.75 Å². The zero-order valence-corrected chi connectivity index (χ0v) is 17.4. The lowest BCUT2D eigenvalue weighted by molar-refractivity contribution is -0.148. The number of carbonyl (C=O) groups is 1. The van der Waals surface area contributed by atoms with Gasteiger partial charge in [0.1, 0.15) is 18.2 Å². The summed E-state index contributed by atoms with van der Waals surface area (Å²) in [6.07, 6.45) is 0.997. The highest BCUT2D eigenvalue weighted by Gasteiger charge is 2.45. The number of halogens is 1. The fourth-order valence-electron chi connectivity index (χ4n) is 4.75. The van der Waals surface area contributed by atoms with Gasteiger partial charge in [-0.3, -0.25) is 4.79 Å². The third-order valence-electron chi connectivity index (χ3n) is 6.49. The lowest BCUT2D eigenvalue weighted by Crippen LogP contribution is -2.51. The second-order valence-electron chi connectivity index (χ2n) is 9.17. The Balaban J connectivity index is 1.66. The molecule has 1 unspecified atom stereocenters. The quantitative estimate of drug-likeness (QED) is 0.798. The number of piperidine rings is 1. The van der Waals surface area contributed by atoms with Gasteiger partial charge in [-0.1, -0.05) is 24.3 Å². The summed E-state index contributed by atoms with van der Waals surface area (Å²) in [5.74, 6) is -0.766. The van der Waals surface area contributed by atoms with Gasteiger partial charge < -0.3 is 19.8 Å². The number of aliphatic hydroxyl groups is 1. The van der Waals surface area contributed by atoms with Gasteiger partial charge in [0.2, 0.25) is 0 Å². The Hall–Kier alpha value is -2.44. The summed E-state index contributed by atoms with van der Waals surface area (Å²) in [4.78, 5) is 13.6. The molecule has 160 valence electrons. The molecule has 6 heteroatoms. The molecular weight excluding hydrogens is 385 g/mol. The number of fused-ring (bicyclic) bond motifs is 2. The highest BCUT2D eigenvalue weighted by Crippen LogP contribution is 2.47. The van der Waals surface area contributed by atoms with E-state index >= 15 is 0 Å². The molecule has 5 nitrogen and oxygen atoms in total. The van der Waals surface area contributed by atoms with Crippen molar-refractivity contribution in [2.45, 2.75) is 44.8 Å². The number of carboxylic acid groups (broad SMARTS) is 1. The maximum absolute atomic E-state index is 13.9. The summed E-state index contributed by atoms with van der Waals surface area (Å²) < 4.78 is 19.9. The molecule has 0 aliphatic carbocycles. The van der Waals surface area contributed by atoms with Crippen molar-refractivity contribution in [1.29, 1.82) is 0 Å². The van der Waals surface area contributed by atoms with Gasteiger partial charge >= 0.3 is 5.97 Å². The van der Waals surface area contributed by atoms with Crippen LogP contribution in [0.2, 0.25) is 0 Å². The molecule has 2 aliphatic heterocycles. The number of aliphatic carboxylic acids is 1. The topological polar surface area (TPSA) is 70.0 Å². The van der Waals surface area contributed by atoms with E-state index in [1.165, 1.54) is 12.1 Å². The van der Waals surface area contributed by atoms with E-state index in [-0.39, 0.29) is 18.3 Å². The van der Waals surface area contributed by atoms with Gasteiger partial charge in [-0.2, -0.15) is 0 Å². The number of benzene rings is 2. The van der Waals surface area contributed by atoms with Crippen molar-refractivity contribution in [3.8, 4) is 5.75 Å². The molecular formula is C24H28FNO4. The summed E-state index contributed by atoms with van der Waals surface area (Å²) in [6, 6.07) is 12.4. The van der Waals surface area contributed by atoms with Gasteiger partial charge in [0, 0.05) is 31.1 Å². The molecule has 0 bridgehead atoms. The summed E-state index contributed by atoms with van der Waals surface area (Å²) in [7, 11) is 0. The number of hydrogen-bond donors (Lipinski definition) is 2. The van der Waals surface area contributed by atoms with Crippen LogP contribution < -0.4 is 4.74 Å². The standard InChI is InChI=1S/C24H28FNO4/c1-23(2,22(27)28)15-26-11-9-24(29,10-12-26)21-18-8-7-17(25)13-16(18)14-30-20-6-4-3-5-19(20)21/h3-8,13,21,29H,9-12,14-15H2,1-2H3,(H,27,28). The zero-order valence-electron chi connectivity index (χ0n) is 17.4. The maximum atomic E-state index is 13.9. The Morgan fingerprint density at radius 2 is 1.90 bits per heavy atom. The van der Waals surface area contributed by atoms with Crippen LogP contribution in [-0.4, -0.2) is 46.3 Å². The molecule has 0 amide bonds. The molecule has 30 heavy (non-hydrogen) atoms. The molecule has 2 aromatic rings. The van der Waals surface area contributed by atoms with Gasteiger partial charge in [0.05, 0.1) is 11.0 Å². The van der Waals surface area contributed by atoms with E-state index in [1.807, 2.05) is 24.3 Å². The summed E-state index contributed by atoms with van der Waals surface area (Å²) in [6.45, 7) is 5.34. The Kier molecular flexibility index (Phi) is 5.32. The molecule has 1 fully saturated rings. The summed E-state index contributed by atoms with van der Waals surface area (Å²) in [5.41, 5.74) is 0.676. The smallest absolute Gasteiger partial charge is 0.310 e.